The zero-order valence-corrected chi connectivity index (χ0v) is 7.94. The maximum Gasteiger partial charge on any atom is 0.258 e. The largest absolute Gasteiger partial charge is 0.355 e. The number of imide groups is 1. The number of nitrogens with two attached hydrogens (primary N) is 1. The number of ether oxygens (including phenoxy) is 1. The van der Waals surface area contributed by atoms with Gasteiger partial charge in [-0.05, 0) is 25.8 Å². The van der Waals surface area contributed by atoms with Crippen molar-refractivity contribution in [1.29, 1.82) is 0 Å². The van der Waals surface area contributed by atoms with Gasteiger partial charge in [-0.25, -0.2) is 0 Å². The Hall–Kier alpha value is -0.940. The first-order valence-corrected chi connectivity index (χ1v) is 4.95. The minimum absolute atomic E-state index is 0.183. The van der Waals surface area contributed by atoms with Gasteiger partial charge in [-0.2, -0.15) is 0 Å². The van der Waals surface area contributed by atoms with Crippen molar-refractivity contribution in [2.24, 2.45) is 5.73 Å². The summed E-state index contributed by atoms with van der Waals surface area (Å²) in [4.78, 5) is 24.6. The van der Waals surface area contributed by atoms with Crippen LogP contribution in [0.4, 0.5) is 0 Å². The van der Waals surface area contributed by atoms with Gasteiger partial charge in [0.25, 0.3) is 11.8 Å². The normalized spacial score (nSPS) is 31.4. The average Bonchev–Trinajstić information content (AvgIpc) is 2.62. The minimum atomic E-state index is -0.379. The fourth-order valence-corrected chi connectivity index (χ4v) is 1.93. The molecule has 2 fully saturated rings. The number of rotatable bonds is 3. The van der Waals surface area contributed by atoms with E-state index < -0.39 is 0 Å². The van der Waals surface area contributed by atoms with E-state index in [4.69, 9.17) is 10.5 Å². The van der Waals surface area contributed by atoms with Crippen molar-refractivity contribution in [1.82, 2.24) is 4.90 Å². The molecule has 0 radical (unpaired) electrons. The average molecular weight is 198 g/mol. The molecule has 2 bridgehead atoms. The fraction of sp³-hybridized carbons (Fsp3) is 0.778. The zero-order valence-electron chi connectivity index (χ0n) is 7.94. The number of hydrogen-bond acceptors (Lipinski definition) is 4. The van der Waals surface area contributed by atoms with Gasteiger partial charge in [0.1, 0.15) is 12.2 Å². The molecule has 2 amide bonds. The number of nitrogens with zero attached hydrogens (tertiary/aromatic N) is 1. The lowest BCUT2D eigenvalue weighted by Crippen LogP contribution is -2.52. The van der Waals surface area contributed by atoms with Gasteiger partial charge in [0.05, 0.1) is 0 Å². The quantitative estimate of drug-likeness (QED) is 0.606. The Morgan fingerprint density at radius 2 is 1.86 bits per heavy atom. The van der Waals surface area contributed by atoms with Gasteiger partial charge >= 0.3 is 0 Å². The molecule has 2 aliphatic rings. The smallest absolute Gasteiger partial charge is 0.258 e. The molecule has 0 aromatic rings. The second-order valence-corrected chi connectivity index (χ2v) is 3.66. The molecular weight excluding hydrogens is 184 g/mol. The molecule has 5 nitrogen and oxygen atoms in total. The van der Waals surface area contributed by atoms with E-state index in [1.54, 1.807) is 0 Å². The zero-order chi connectivity index (χ0) is 10.1. The van der Waals surface area contributed by atoms with Crippen molar-refractivity contribution in [2.45, 2.75) is 31.5 Å². The molecule has 0 aromatic heterocycles. The summed E-state index contributed by atoms with van der Waals surface area (Å²) in [6.45, 7) is 0.928. The summed E-state index contributed by atoms with van der Waals surface area (Å²) >= 11 is 0. The molecule has 2 atom stereocenters. The second-order valence-electron chi connectivity index (χ2n) is 3.66. The monoisotopic (exact) mass is 198 g/mol. The third kappa shape index (κ3) is 1.42. The lowest BCUT2D eigenvalue weighted by atomic mass is 10.2. The Kier molecular flexibility index (Phi) is 2.52. The molecule has 78 valence electrons. The van der Waals surface area contributed by atoms with Crippen LogP contribution in [0.15, 0.2) is 0 Å². The summed E-state index contributed by atoms with van der Waals surface area (Å²) in [6, 6.07) is 0. The van der Waals surface area contributed by atoms with Crippen molar-refractivity contribution >= 4 is 11.8 Å². The summed E-state index contributed by atoms with van der Waals surface area (Å²) in [5.74, 6) is -0.366. The highest BCUT2D eigenvalue weighted by molar-refractivity contribution is 6.02. The van der Waals surface area contributed by atoms with E-state index in [0.717, 1.165) is 0 Å². The van der Waals surface area contributed by atoms with Gasteiger partial charge < -0.3 is 10.5 Å². The highest BCUT2D eigenvalue weighted by Gasteiger charge is 2.45. The van der Waals surface area contributed by atoms with E-state index >= 15 is 0 Å². The van der Waals surface area contributed by atoms with Crippen molar-refractivity contribution in [3.8, 4) is 0 Å². The molecule has 2 heterocycles. The summed E-state index contributed by atoms with van der Waals surface area (Å²) in [5.41, 5.74) is 5.34. The van der Waals surface area contributed by atoms with Crippen LogP contribution in [0.25, 0.3) is 0 Å². The van der Waals surface area contributed by atoms with Crippen molar-refractivity contribution in [2.75, 3.05) is 13.1 Å². The lowest BCUT2D eigenvalue weighted by molar-refractivity contribution is -0.168. The van der Waals surface area contributed by atoms with Crippen LogP contribution in [0.1, 0.15) is 19.3 Å². The van der Waals surface area contributed by atoms with E-state index in [-0.39, 0.29) is 24.0 Å². The number of likely N-dealkylation sites (tertiary alicyclic amines) is 1. The number of hydrogen-bond donors (Lipinski definition) is 1. The first kappa shape index (κ1) is 9.61. The molecule has 2 aliphatic heterocycles. The van der Waals surface area contributed by atoms with Gasteiger partial charge in [0.15, 0.2) is 0 Å². The van der Waals surface area contributed by atoms with Crippen LogP contribution in [0.3, 0.4) is 0 Å². The fourth-order valence-electron chi connectivity index (χ4n) is 1.93. The molecule has 2 rings (SSSR count). The Morgan fingerprint density at radius 3 is 2.36 bits per heavy atom. The van der Waals surface area contributed by atoms with Gasteiger partial charge in [-0.1, -0.05) is 0 Å². The third-order valence-electron chi connectivity index (χ3n) is 2.69. The van der Waals surface area contributed by atoms with Crippen molar-refractivity contribution in [3.63, 3.8) is 0 Å². The van der Waals surface area contributed by atoms with E-state index in [9.17, 15) is 9.59 Å². The van der Waals surface area contributed by atoms with Gasteiger partial charge in [-0.15, -0.1) is 0 Å². The van der Waals surface area contributed by atoms with Crippen LogP contribution in [0.2, 0.25) is 0 Å². The summed E-state index contributed by atoms with van der Waals surface area (Å²) in [7, 11) is 0. The number of morpholine rings is 1. The van der Waals surface area contributed by atoms with Crippen LogP contribution >= 0.6 is 0 Å². The highest BCUT2D eigenvalue weighted by Crippen LogP contribution is 2.28. The highest BCUT2D eigenvalue weighted by atomic mass is 16.5. The minimum Gasteiger partial charge on any atom is -0.355 e. The second kappa shape index (κ2) is 3.67. The van der Waals surface area contributed by atoms with Crippen molar-refractivity contribution in [3.05, 3.63) is 0 Å². The predicted octanol–water partition coefficient (Wildman–Crippen LogP) is -0.748. The molecule has 2 unspecified atom stereocenters. The van der Waals surface area contributed by atoms with Crippen LogP contribution < -0.4 is 5.73 Å². The van der Waals surface area contributed by atoms with Crippen LogP contribution in [0.5, 0.6) is 0 Å². The molecule has 0 spiro atoms. The summed E-state index contributed by atoms with van der Waals surface area (Å²) in [6.07, 6.45) is 1.26. The maximum atomic E-state index is 11.6. The number of amides is 2. The van der Waals surface area contributed by atoms with Crippen LogP contribution in [-0.4, -0.2) is 42.0 Å². The van der Waals surface area contributed by atoms with E-state index in [0.29, 0.717) is 32.4 Å². The maximum absolute atomic E-state index is 11.6. The Bertz CT molecular complexity index is 245. The van der Waals surface area contributed by atoms with Gasteiger partial charge in [0, 0.05) is 6.54 Å². The third-order valence-corrected chi connectivity index (χ3v) is 2.69. The van der Waals surface area contributed by atoms with Gasteiger partial charge in [0.2, 0.25) is 0 Å². The van der Waals surface area contributed by atoms with Crippen LogP contribution in [-0.2, 0) is 14.3 Å². The standard InChI is InChI=1S/C9H14N2O3/c10-4-1-5-11-8(12)6-2-3-7(14-6)9(11)13/h6-7H,1-5,10H2. The van der Waals surface area contributed by atoms with Crippen molar-refractivity contribution < 1.29 is 14.3 Å². The Labute approximate surface area is 82.2 Å². The molecule has 5 heteroatoms. The molecule has 0 saturated carbocycles. The first-order valence-electron chi connectivity index (χ1n) is 4.95. The van der Waals surface area contributed by atoms with Crippen LogP contribution in [0, 0.1) is 0 Å². The Balaban J connectivity index is 2.07. The molecule has 2 saturated heterocycles. The topological polar surface area (TPSA) is 72.6 Å². The number of carbonyl (C=O) groups is 2. The molecule has 14 heavy (non-hydrogen) atoms. The molecular formula is C9H14N2O3. The van der Waals surface area contributed by atoms with E-state index in [2.05, 4.69) is 0 Å². The number of fused-ring (bicyclic) bond motifs is 2. The first-order chi connectivity index (χ1) is 6.74. The van der Waals surface area contributed by atoms with E-state index in [1.807, 2.05) is 0 Å². The molecule has 0 aliphatic carbocycles. The summed E-state index contributed by atoms with van der Waals surface area (Å²) < 4.78 is 5.26. The number of carbonyl (C=O) groups excluding carboxylic acids is 2. The van der Waals surface area contributed by atoms with E-state index in [1.165, 1.54) is 4.90 Å². The molecule has 2 N–H and O–H groups in total. The predicted molar refractivity (Wildman–Crippen MR) is 48.3 cm³/mol. The lowest BCUT2D eigenvalue weighted by Gasteiger charge is -2.29. The molecule has 0 aromatic carbocycles. The summed E-state index contributed by atoms with van der Waals surface area (Å²) in [5, 5.41) is 0. The van der Waals surface area contributed by atoms with Gasteiger partial charge in [-0.3, -0.25) is 14.5 Å². The Morgan fingerprint density at radius 1 is 1.29 bits per heavy atom. The SMILES string of the molecule is NCCCN1C(=O)C2CCC(O2)C1=O.